The van der Waals surface area contributed by atoms with Gasteiger partial charge in [-0.05, 0) is 29.2 Å². The molecule has 0 amide bonds. The van der Waals surface area contributed by atoms with Crippen LogP contribution >= 0.6 is 0 Å². The monoisotopic (exact) mass is 242 g/mol. The summed E-state index contributed by atoms with van der Waals surface area (Å²) in [7, 11) is 0. The average molecular weight is 242 g/mol. The van der Waals surface area contributed by atoms with Crippen molar-refractivity contribution in [3.05, 3.63) is 48.0 Å². The van der Waals surface area contributed by atoms with Gasteiger partial charge in [-0.15, -0.1) is 0 Å². The summed E-state index contributed by atoms with van der Waals surface area (Å²) < 4.78 is 0. The van der Waals surface area contributed by atoms with Gasteiger partial charge in [-0.1, -0.05) is 68.7 Å². The maximum Gasteiger partial charge on any atom is 0.0580 e. The van der Waals surface area contributed by atoms with E-state index in [4.69, 9.17) is 0 Å². The van der Waals surface area contributed by atoms with Crippen molar-refractivity contribution in [3.63, 3.8) is 0 Å². The van der Waals surface area contributed by atoms with E-state index in [1.54, 1.807) is 0 Å². The summed E-state index contributed by atoms with van der Waals surface area (Å²) in [4.78, 5) is 0. The predicted molar refractivity (Wildman–Crippen MR) is 77.8 cm³/mol. The van der Waals surface area contributed by atoms with Gasteiger partial charge in [-0.2, -0.15) is 0 Å². The number of fused-ring (bicyclic) bond motifs is 1. The zero-order valence-electron chi connectivity index (χ0n) is 11.1. The van der Waals surface area contributed by atoms with Gasteiger partial charge in [0.05, 0.1) is 6.10 Å². The van der Waals surface area contributed by atoms with Crippen LogP contribution in [-0.2, 0) is 6.42 Å². The first-order valence-corrected chi connectivity index (χ1v) is 6.96. The minimum absolute atomic E-state index is 0.206. The van der Waals surface area contributed by atoms with E-state index in [0.717, 1.165) is 19.3 Å². The maximum absolute atomic E-state index is 10.1. The van der Waals surface area contributed by atoms with E-state index in [1.165, 1.54) is 29.2 Å². The second kappa shape index (κ2) is 6.55. The fourth-order valence-corrected chi connectivity index (χ4v) is 2.46. The minimum Gasteiger partial charge on any atom is -0.393 e. The van der Waals surface area contributed by atoms with Gasteiger partial charge in [0.15, 0.2) is 0 Å². The summed E-state index contributed by atoms with van der Waals surface area (Å²) in [5, 5.41) is 12.6. The maximum atomic E-state index is 10.1. The molecule has 0 aliphatic heterocycles. The highest BCUT2D eigenvalue weighted by Gasteiger charge is 2.07. The Morgan fingerprint density at radius 3 is 2.61 bits per heavy atom. The molecule has 0 spiro atoms. The first kappa shape index (κ1) is 13.1. The highest BCUT2D eigenvalue weighted by Crippen LogP contribution is 2.20. The van der Waals surface area contributed by atoms with E-state index in [0.29, 0.717) is 0 Å². The molecule has 1 atom stereocenters. The van der Waals surface area contributed by atoms with Crippen LogP contribution in [0.5, 0.6) is 0 Å². The smallest absolute Gasteiger partial charge is 0.0580 e. The van der Waals surface area contributed by atoms with Crippen molar-refractivity contribution in [1.82, 2.24) is 0 Å². The van der Waals surface area contributed by atoms with Gasteiger partial charge in [0, 0.05) is 0 Å². The molecule has 1 N–H and O–H groups in total. The predicted octanol–water partition coefficient (Wildman–Crippen LogP) is 4.32. The van der Waals surface area contributed by atoms with Crippen LogP contribution in [0.25, 0.3) is 10.8 Å². The van der Waals surface area contributed by atoms with Crippen LogP contribution in [0.2, 0.25) is 0 Å². The van der Waals surface area contributed by atoms with Gasteiger partial charge < -0.3 is 5.11 Å². The quantitative estimate of drug-likeness (QED) is 0.748. The molecule has 96 valence electrons. The number of aliphatic hydroxyl groups is 1. The van der Waals surface area contributed by atoms with Crippen molar-refractivity contribution in [2.75, 3.05) is 0 Å². The summed E-state index contributed by atoms with van der Waals surface area (Å²) in [6.07, 6.45) is 5.03. The Balaban J connectivity index is 2.07. The standard InChI is InChI=1S/C17H22O/c1-2-3-4-11-16(18)13-15-10-7-9-14-8-5-6-12-17(14)15/h5-10,12,16,18H,2-4,11,13H2,1H3. The van der Waals surface area contributed by atoms with Crippen molar-refractivity contribution in [1.29, 1.82) is 0 Å². The number of unbranched alkanes of at least 4 members (excludes halogenated alkanes) is 2. The molecule has 0 saturated carbocycles. The number of hydrogen-bond acceptors (Lipinski definition) is 1. The number of aliphatic hydroxyl groups excluding tert-OH is 1. The van der Waals surface area contributed by atoms with Crippen molar-refractivity contribution in [2.24, 2.45) is 0 Å². The number of benzene rings is 2. The Morgan fingerprint density at radius 2 is 1.78 bits per heavy atom. The molecule has 1 nitrogen and oxygen atoms in total. The molecule has 0 radical (unpaired) electrons. The third kappa shape index (κ3) is 3.33. The molecule has 0 aliphatic rings. The minimum atomic E-state index is -0.206. The Morgan fingerprint density at radius 1 is 1.00 bits per heavy atom. The molecule has 0 fully saturated rings. The summed E-state index contributed by atoms with van der Waals surface area (Å²) in [6, 6.07) is 14.7. The second-order valence-electron chi connectivity index (χ2n) is 4.99. The van der Waals surface area contributed by atoms with Crippen molar-refractivity contribution >= 4 is 10.8 Å². The van der Waals surface area contributed by atoms with Crippen LogP contribution < -0.4 is 0 Å². The van der Waals surface area contributed by atoms with Crippen LogP contribution in [0.3, 0.4) is 0 Å². The van der Waals surface area contributed by atoms with Gasteiger partial charge in [-0.25, -0.2) is 0 Å². The van der Waals surface area contributed by atoms with Crippen LogP contribution in [0.1, 0.15) is 38.2 Å². The van der Waals surface area contributed by atoms with Crippen molar-refractivity contribution in [2.45, 2.75) is 45.1 Å². The van der Waals surface area contributed by atoms with Crippen LogP contribution in [-0.4, -0.2) is 11.2 Å². The first-order valence-electron chi connectivity index (χ1n) is 6.96. The summed E-state index contributed by atoms with van der Waals surface area (Å²) in [5.41, 5.74) is 1.26. The van der Waals surface area contributed by atoms with Gasteiger partial charge in [0.25, 0.3) is 0 Å². The van der Waals surface area contributed by atoms with E-state index in [-0.39, 0.29) is 6.10 Å². The Bertz CT molecular complexity index is 484. The van der Waals surface area contributed by atoms with Crippen molar-refractivity contribution in [3.8, 4) is 0 Å². The van der Waals surface area contributed by atoms with Gasteiger partial charge in [0.2, 0.25) is 0 Å². The normalized spacial score (nSPS) is 12.8. The van der Waals surface area contributed by atoms with Crippen molar-refractivity contribution < 1.29 is 5.11 Å². The van der Waals surface area contributed by atoms with E-state index < -0.39 is 0 Å². The molecule has 2 aromatic rings. The lowest BCUT2D eigenvalue weighted by Crippen LogP contribution is -2.10. The summed E-state index contributed by atoms with van der Waals surface area (Å²) >= 11 is 0. The second-order valence-corrected chi connectivity index (χ2v) is 4.99. The molecule has 18 heavy (non-hydrogen) atoms. The molecule has 0 heterocycles. The third-order valence-electron chi connectivity index (χ3n) is 3.48. The average Bonchev–Trinajstić information content (AvgIpc) is 2.39. The number of hydrogen-bond donors (Lipinski definition) is 1. The van der Waals surface area contributed by atoms with Gasteiger partial charge in [0.1, 0.15) is 0 Å². The molecule has 0 saturated heterocycles. The zero-order valence-corrected chi connectivity index (χ0v) is 11.1. The zero-order chi connectivity index (χ0) is 12.8. The Kier molecular flexibility index (Phi) is 4.77. The molecular formula is C17H22O. The molecular weight excluding hydrogens is 220 g/mol. The molecule has 2 rings (SSSR count). The highest BCUT2D eigenvalue weighted by molar-refractivity contribution is 5.85. The van der Waals surface area contributed by atoms with Crippen LogP contribution in [0.4, 0.5) is 0 Å². The third-order valence-corrected chi connectivity index (χ3v) is 3.48. The van der Waals surface area contributed by atoms with E-state index in [1.807, 2.05) is 0 Å². The lowest BCUT2D eigenvalue weighted by Gasteiger charge is -2.12. The van der Waals surface area contributed by atoms with Crippen LogP contribution in [0.15, 0.2) is 42.5 Å². The molecule has 2 aromatic carbocycles. The molecule has 0 aliphatic carbocycles. The SMILES string of the molecule is CCCCCC(O)Cc1cccc2ccccc12. The fourth-order valence-electron chi connectivity index (χ4n) is 2.46. The summed E-state index contributed by atoms with van der Waals surface area (Å²) in [5.74, 6) is 0. The van der Waals surface area contributed by atoms with E-state index in [9.17, 15) is 5.11 Å². The highest BCUT2D eigenvalue weighted by atomic mass is 16.3. The molecule has 0 bridgehead atoms. The summed E-state index contributed by atoms with van der Waals surface area (Å²) in [6.45, 7) is 2.19. The van der Waals surface area contributed by atoms with E-state index >= 15 is 0 Å². The van der Waals surface area contributed by atoms with E-state index in [2.05, 4.69) is 49.4 Å². The topological polar surface area (TPSA) is 20.2 Å². The van der Waals surface area contributed by atoms with Gasteiger partial charge >= 0.3 is 0 Å². The fraction of sp³-hybridized carbons (Fsp3) is 0.412. The molecule has 0 aromatic heterocycles. The first-order chi connectivity index (χ1) is 8.81. The van der Waals surface area contributed by atoms with Crippen LogP contribution in [0, 0.1) is 0 Å². The number of rotatable bonds is 6. The lowest BCUT2D eigenvalue weighted by molar-refractivity contribution is 0.161. The Hall–Kier alpha value is -1.34. The lowest BCUT2D eigenvalue weighted by atomic mass is 9.97. The molecule has 1 unspecified atom stereocenters. The molecule has 1 heteroatoms. The van der Waals surface area contributed by atoms with Gasteiger partial charge in [-0.3, -0.25) is 0 Å². The largest absolute Gasteiger partial charge is 0.393 e. The Labute approximate surface area is 109 Å².